The van der Waals surface area contributed by atoms with Crippen molar-refractivity contribution in [3.8, 4) is 5.75 Å². The van der Waals surface area contributed by atoms with Crippen molar-refractivity contribution in [2.75, 3.05) is 13.2 Å². The highest BCUT2D eigenvalue weighted by molar-refractivity contribution is 5.27. The molecule has 5 nitrogen and oxygen atoms in total. The van der Waals surface area contributed by atoms with E-state index < -0.39 is 0 Å². The molecule has 20 heavy (non-hydrogen) atoms. The zero-order valence-electron chi connectivity index (χ0n) is 11.9. The molecule has 0 spiro atoms. The smallest absolute Gasteiger partial charge is 0.137 e. The molecule has 0 aliphatic heterocycles. The van der Waals surface area contributed by atoms with E-state index >= 15 is 0 Å². The lowest BCUT2D eigenvalue weighted by atomic mass is 10.2. The normalized spacial score (nSPS) is 10.7. The number of nitrogens with zero attached hydrogens (tertiary/aromatic N) is 2. The summed E-state index contributed by atoms with van der Waals surface area (Å²) in [6.45, 7) is 4.69. The van der Waals surface area contributed by atoms with Crippen LogP contribution >= 0.6 is 0 Å². The first-order valence-corrected chi connectivity index (χ1v) is 7.15. The van der Waals surface area contributed by atoms with E-state index in [2.05, 4.69) is 39.6 Å². The molecule has 2 N–H and O–H groups in total. The zero-order chi connectivity index (χ0) is 14.0. The number of unbranched alkanes of at least 4 members (excludes halogenated alkanes) is 1. The van der Waals surface area contributed by atoms with Gasteiger partial charge in [0.2, 0.25) is 0 Å². The van der Waals surface area contributed by atoms with E-state index in [1.165, 1.54) is 11.9 Å². The fourth-order valence-electron chi connectivity index (χ4n) is 1.83. The minimum absolute atomic E-state index is 0.797. The van der Waals surface area contributed by atoms with Gasteiger partial charge >= 0.3 is 0 Å². The predicted molar refractivity (Wildman–Crippen MR) is 78.6 cm³/mol. The number of aromatic nitrogens is 3. The Balaban J connectivity index is 1.65. The Morgan fingerprint density at radius 2 is 2.10 bits per heavy atom. The Hall–Kier alpha value is -1.88. The molecule has 0 radical (unpaired) electrons. The molecule has 1 aromatic heterocycles. The summed E-state index contributed by atoms with van der Waals surface area (Å²) in [4.78, 5) is 4.08. The number of aromatic amines is 1. The van der Waals surface area contributed by atoms with Crippen LogP contribution in [0.4, 0.5) is 0 Å². The molecule has 0 bridgehead atoms. The molecule has 1 aromatic carbocycles. The van der Waals surface area contributed by atoms with Crippen LogP contribution in [0.25, 0.3) is 0 Å². The number of nitrogens with one attached hydrogen (secondary N) is 2. The minimum atomic E-state index is 0.797. The largest absolute Gasteiger partial charge is 0.494 e. The molecule has 0 saturated carbocycles. The monoisotopic (exact) mass is 274 g/mol. The topological polar surface area (TPSA) is 62.8 Å². The van der Waals surface area contributed by atoms with Gasteiger partial charge < -0.3 is 10.1 Å². The van der Waals surface area contributed by atoms with Gasteiger partial charge in [0.1, 0.15) is 17.9 Å². The minimum Gasteiger partial charge on any atom is -0.494 e. The first-order chi connectivity index (χ1) is 9.88. The number of benzene rings is 1. The Labute approximate surface area is 119 Å². The Morgan fingerprint density at radius 1 is 1.25 bits per heavy atom. The fourth-order valence-corrected chi connectivity index (χ4v) is 1.83. The highest BCUT2D eigenvalue weighted by Gasteiger charge is 1.97. The maximum atomic E-state index is 5.64. The summed E-state index contributed by atoms with van der Waals surface area (Å²) in [5.74, 6) is 1.86. The molecule has 0 atom stereocenters. The van der Waals surface area contributed by atoms with Gasteiger partial charge in [-0.1, -0.05) is 25.5 Å². The first kappa shape index (κ1) is 14.5. The van der Waals surface area contributed by atoms with E-state index in [-0.39, 0.29) is 0 Å². The van der Waals surface area contributed by atoms with Crippen LogP contribution in [0.15, 0.2) is 30.6 Å². The van der Waals surface area contributed by atoms with Gasteiger partial charge in [-0.25, -0.2) is 4.98 Å². The summed E-state index contributed by atoms with van der Waals surface area (Å²) >= 11 is 0. The van der Waals surface area contributed by atoms with Gasteiger partial charge in [0, 0.05) is 19.5 Å². The lowest BCUT2D eigenvalue weighted by molar-refractivity contribution is 0.309. The summed E-state index contributed by atoms with van der Waals surface area (Å²) in [5.41, 5.74) is 1.26. The van der Waals surface area contributed by atoms with Crippen molar-refractivity contribution in [3.63, 3.8) is 0 Å². The molecular weight excluding hydrogens is 252 g/mol. The SMILES string of the molecule is CCCCOc1ccc(CNCCc2ncn[nH]2)cc1. The number of rotatable bonds is 9. The molecule has 2 aromatic rings. The quantitative estimate of drug-likeness (QED) is 0.689. The van der Waals surface area contributed by atoms with E-state index in [9.17, 15) is 0 Å². The second-order valence-corrected chi connectivity index (χ2v) is 4.70. The summed E-state index contributed by atoms with van der Waals surface area (Å²) in [6, 6.07) is 8.26. The molecule has 0 amide bonds. The number of ether oxygens (including phenoxy) is 1. The number of H-pyrrole nitrogens is 1. The lowest BCUT2D eigenvalue weighted by Crippen LogP contribution is -2.17. The van der Waals surface area contributed by atoms with Crippen LogP contribution in [-0.2, 0) is 13.0 Å². The van der Waals surface area contributed by atoms with Crippen molar-refractivity contribution in [1.82, 2.24) is 20.5 Å². The molecule has 0 saturated heterocycles. The van der Waals surface area contributed by atoms with Gasteiger partial charge in [0.25, 0.3) is 0 Å². The van der Waals surface area contributed by atoms with Gasteiger partial charge in [-0.3, -0.25) is 5.10 Å². The molecule has 1 heterocycles. The Kier molecular flexibility index (Phi) is 6.05. The number of hydrogen-bond acceptors (Lipinski definition) is 4. The van der Waals surface area contributed by atoms with Crippen molar-refractivity contribution < 1.29 is 4.74 Å². The third-order valence-electron chi connectivity index (χ3n) is 3.02. The second kappa shape index (κ2) is 8.32. The number of hydrogen-bond donors (Lipinski definition) is 2. The predicted octanol–water partition coefficient (Wildman–Crippen LogP) is 2.32. The van der Waals surface area contributed by atoms with Gasteiger partial charge in [-0.15, -0.1) is 0 Å². The van der Waals surface area contributed by atoms with E-state index in [0.29, 0.717) is 0 Å². The van der Waals surface area contributed by atoms with Gasteiger partial charge in [-0.2, -0.15) is 5.10 Å². The maximum absolute atomic E-state index is 5.64. The average molecular weight is 274 g/mol. The first-order valence-electron chi connectivity index (χ1n) is 7.15. The van der Waals surface area contributed by atoms with Crippen molar-refractivity contribution in [1.29, 1.82) is 0 Å². The standard InChI is InChI=1S/C15H22N4O/c1-2-3-10-20-14-6-4-13(5-7-14)11-16-9-8-15-17-12-18-19-15/h4-7,12,16H,2-3,8-11H2,1H3,(H,17,18,19). The van der Waals surface area contributed by atoms with Crippen molar-refractivity contribution >= 4 is 0 Å². The van der Waals surface area contributed by atoms with Crippen LogP contribution in [0.2, 0.25) is 0 Å². The van der Waals surface area contributed by atoms with Gasteiger partial charge in [0.15, 0.2) is 0 Å². The molecule has 0 fully saturated rings. The van der Waals surface area contributed by atoms with Crippen LogP contribution in [0, 0.1) is 0 Å². The van der Waals surface area contributed by atoms with Gasteiger partial charge in [-0.05, 0) is 24.1 Å². The molecule has 5 heteroatoms. The van der Waals surface area contributed by atoms with Crippen molar-refractivity contribution in [2.24, 2.45) is 0 Å². The van der Waals surface area contributed by atoms with Gasteiger partial charge in [0.05, 0.1) is 6.61 Å². The molecule has 108 valence electrons. The highest BCUT2D eigenvalue weighted by atomic mass is 16.5. The summed E-state index contributed by atoms with van der Waals surface area (Å²) in [6.07, 6.45) is 4.66. The molecule has 2 rings (SSSR count). The van der Waals surface area contributed by atoms with Crippen LogP contribution in [0.1, 0.15) is 31.2 Å². The van der Waals surface area contributed by atoms with E-state index in [4.69, 9.17) is 4.74 Å². The van der Waals surface area contributed by atoms with Crippen LogP contribution < -0.4 is 10.1 Å². The van der Waals surface area contributed by atoms with Crippen LogP contribution in [0.5, 0.6) is 5.75 Å². The van der Waals surface area contributed by atoms with E-state index in [0.717, 1.165) is 50.5 Å². The van der Waals surface area contributed by atoms with E-state index in [1.54, 1.807) is 0 Å². The van der Waals surface area contributed by atoms with E-state index in [1.807, 2.05) is 12.1 Å². The third-order valence-corrected chi connectivity index (χ3v) is 3.02. The van der Waals surface area contributed by atoms with Crippen LogP contribution in [-0.4, -0.2) is 28.3 Å². The molecule has 0 aliphatic rings. The second-order valence-electron chi connectivity index (χ2n) is 4.70. The van der Waals surface area contributed by atoms with Crippen molar-refractivity contribution in [2.45, 2.75) is 32.7 Å². The average Bonchev–Trinajstić information content (AvgIpc) is 2.99. The molecule has 0 unspecified atom stereocenters. The Bertz CT molecular complexity index is 467. The molecular formula is C15H22N4O. The van der Waals surface area contributed by atoms with Crippen LogP contribution in [0.3, 0.4) is 0 Å². The zero-order valence-corrected chi connectivity index (χ0v) is 11.9. The fraction of sp³-hybridized carbons (Fsp3) is 0.467. The summed E-state index contributed by atoms with van der Waals surface area (Å²) in [5, 5.41) is 10.1. The maximum Gasteiger partial charge on any atom is 0.137 e. The third kappa shape index (κ3) is 5.01. The summed E-state index contributed by atoms with van der Waals surface area (Å²) in [7, 11) is 0. The Morgan fingerprint density at radius 3 is 2.80 bits per heavy atom. The molecule has 0 aliphatic carbocycles. The summed E-state index contributed by atoms with van der Waals surface area (Å²) < 4.78 is 5.64. The van der Waals surface area contributed by atoms with Crippen molar-refractivity contribution in [3.05, 3.63) is 42.0 Å². The highest BCUT2D eigenvalue weighted by Crippen LogP contribution is 2.12. The lowest BCUT2D eigenvalue weighted by Gasteiger charge is -2.07.